The molecule has 1 saturated heterocycles. The zero-order valence-corrected chi connectivity index (χ0v) is 15.3. The lowest BCUT2D eigenvalue weighted by Gasteiger charge is -2.35. The zero-order chi connectivity index (χ0) is 17.9. The van der Waals surface area contributed by atoms with E-state index in [-0.39, 0.29) is 23.1 Å². The maximum atomic E-state index is 12.6. The highest BCUT2D eigenvalue weighted by Gasteiger charge is 2.32. The van der Waals surface area contributed by atoms with Crippen molar-refractivity contribution in [1.82, 2.24) is 4.90 Å². The number of methoxy groups -OCH3 is 1. The Bertz CT molecular complexity index is 612. The van der Waals surface area contributed by atoms with Gasteiger partial charge in [0.15, 0.2) is 0 Å². The van der Waals surface area contributed by atoms with Crippen LogP contribution in [0.3, 0.4) is 0 Å². The second-order valence-corrected chi connectivity index (χ2v) is 7.51. The van der Waals surface area contributed by atoms with Crippen LogP contribution in [0.4, 0.5) is 5.69 Å². The number of aryl methyl sites for hydroxylation is 1. The van der Waals surface area contributed by atoms with Gasteiger partial charge in [0.2, 0.25) is 11.8 Å². The van der Waals surface area contributed by atoms with Gasteiger partial charge in [-0.25, -0.2) is 0 Å². The van der Waals surface area contributed by atoms with Crippen LogP contribution < -0.4 is 10.1 Å². The Kier molecular flexibility index (Phi) is 5.52. The topological polar surface area (TPSA) is 58.6 Å². The van der Waals surface area contributed by atoms with Crippen LogP contribution in [0.25, 0.3) is 0 Å². The number of nitrogens with zero attached hydrogens (tertiary/aromatic N) is 1. The highest BCUT2D eigenvalue weighted by molar-refractivity contribution is 5.94. The molecule has 0 atom stereocenters. The molecule has 0 spiro atoms. The summed E-state index contributed by atoms with van der Waals surface area (Å²) in [5, 5.41) is 2.98. The molecule has 5 heteroatoms. The maximum absolute atomic E-state index is 12.6. The van der Waals surface area contributed by atoms with Gasteiger partial charge in [0.05, 0.1) is 12.8 Å². The zero-order valence-electron chi connectivity index (χ0n) is 15.3. The highest BCUT2D eigenvalue weighted by atomic mass is 16.5. The van der Waals surface area contributed by atoms with E-state index in [0.29, 0.717) is 37.4 Å². The largest absolute Gasteiger partial charge is 0.495 e. The molecule has 24 heavy (non-hydrogen) atoms. The number of likely N-dealkylation sites (tertiary alicyclic amines) is 1. The number of nitrogens with one attached hydrogen (secondary N) is 1. The smallest absolute Gasteiger partial charge is 0.227 e. The molecule has 0 saturated carbocycles. The Morgan fingerprint density at radius 1 is 1.21 bits per heavy atom. The molecule has 1 N–H and O–H groups in total. The normalized spacial score (nSPS) is 16.0. The molecule has 132 valence electrons. The second kappa shape index (κ2) is 7.24. The number of anilines is 1. The molecule has 0 aliphatic carbocycles. The van der Waals surface area contributed by atoms with E-state index in [1.165, 1.54) is 0 Å². The lowest BCUT2D eigenvalue weighted by atomic mass is 9.90. The molecule has 1 aromatic carbocycles. The Hall–Kier alpha value is -2.04. The summed E-state index contributed by atoms with van der Waals surface area (Å²) in [6.07, 6.45) is 1.39. The number of hydrogen-bond acceptors (Lipinski definition) is 3. The van der Waals surface area contributed by atoms with Crippen molar-refractivity contribution in [3.05, 3.63) is 23.8 Å². The van der Waals surface area contributed by atoms with Gasteiger partial charge in [-0.15, -0.1) is 0 Å². The third-order valence-corrected chi connectivity index (χ3v) is 4.41. The quantitative estimate of drug-likeness (QED) is 0.924. The molecule has 1 aromatic rings. The third kappa shape index (κ3) is 4.28. The lowest BCUT2D eigenvalue weighted by Crippen LogP contribution is -2.45. The van der Waals surface area contributed by atoms with Crippen molar-refractivity contribution in [1.29, 1.82) is 0 Å². The van der Waals surface area contributed by atoms with Crippen LogP contribution in [0.1, 0.15) is 39.2 Å². The van der Waals surface area contributed by atoms with Crippen molar-refractivity contribution >= 4 is 17.5 Å². The van der Waals surface area contributed by atoms with E-state index in [2.05, 4.69) is 5.32 Å². The predicted molar refractivity (Wildman–Crippen MR) is 95.1 cm³/mol. The average Bonchev–Trinajstić information content (AvgIpc) is 2.53. The molecule has 1 aliphatic heterocycles. The Balaban J connectivity index is 1.96. The number of carbonyl (C=O) groups is 2. The third-order valence-electron chi connectivity index (χ3n) is 4.41. The van der Waals surface area contributed by atoms with Gasteiger partial charge in [0.1, 0.15) is 5.75 Å². The van der Waals surface area contributed by atoms with Gasteiger partial charge in [0.25, 0.3) is 0 Å². The van der Waals surface area contributed by atoms with Crippen LogP contribution in [0.5, 0.6) is 5.75 Å². The lowest BCUT2D eigenvalue weighted by molar-refractivity contribution is -0.142. The van der Waals surface area contributed by atoms with Crippen LogP contribution in [-0.4, -0.2) is 36.9 Å². The van der Waals surface area contributed by atoms with Crippen LogP contribution in [0.2, 0.25) is 0 Å². The fraction of sp³-hybridized carbons (Fsp3) is 0.579. The molecule has 1 heterocycles. The standard InChI is InChI=1S/C19H28N2O3/c1-13-6-7-16(24-5)15(12-13)20-17(22)14-8-10-21(11-9-14)18(23)19(2,3)4/h6-7,12,14H,8-11H2,1-5H3,(H,20,22). The number of benzene rings is 1. The van der Waals surface area contributed by atoms with Crippen molar-refractivity contribution < 1.29 is 14.3 Å². The summed E-state index contributed by atoms with van der Waals surface area (Å²) in [6, 6.07) is 5.72. The van der Waals surface area contributed by atoms with Crippen molar-refractivity contribution in [2.45, 2.75) is 40.5 Å². The predicted octanol–water partition coefficient (Wildman–Crippen LogP) is 3.23. The summed E-state index contributed by atoms with van der Waals surface area (Å²) in [6.45, 7) is 9.04. The number of hydrogen-bond donors (Lipinski definition) is 1. The summed E-state index contributed by atoms with van der Waals surface area (Å²) >= 11 is 0. The van der Waals surface area contributed by atoms with Crippen LogP contribution in [-0.2, 0) is 9.59 Å². The summed E-state index contributed by atoms with van der Waals surface area (Å²) in [5.41, 5.74) is 1.40. The van der Waals surface area contributed by atoms with Gasteiger partial charge in [-0.2, -0.15) is 0 Å². The number of rotatable bonds is 3. The molecule has 0 radical (unpaired) electrons. The number of carbonyl (C=O) groups excluding carboxylic acids is 2. The molecule has 1 fully saturated rings. The number of amides is 2. The fourth-order valence-corrected chi connectivity index (χ4v) is 2.97. The Labute approximate surface area is 144 Å². The van der Waals surface area contributed by atoms with Crippen molar-refractivity contribution in [3.8, 4) is 5.75 Å². The summed E-state index contributed by atoms with van der Waals surface area (Å²) in [5.74, 6) is 0.747. The van der Waals surface area contributed by atoms with E-state index >= 15 is 0 Å². The number of piperidine rings is 1. The van der Waals surface area contributed by atoms with Crippen molar-refractivity contribution in [2.24, 2.45) is 11.3 Å². The van der Waals surface area contributed by atoms with Gasteiger partial charge in [-0.1, -0.05) is 26.8 Å². The van der Waals surface area contributed by atoms with Crippen LogP contribution >= 0.6 is 0 Å². The van der Waals surface area contributed by atoms with Gasteiger partial charge in [0, 0.05) is 24.4 Å². The van der Waals surface area contributed by atoms with E-state index in [4.69, 9.17) is 4.74 Å². The molecule has 5 nitrogen and oxygen atoms in total. The van der Waals surface area contributed by atoms with E-state index < -0.39 is 0 Å². The van der Waals surface area contributed by atoms with E-state index in [1.54, 1.807) is 7.11 Å². The summed E-state index contributed by atoms with van der Waals surface area (Å²) in [4.78, 5) is 26.7. The molecule has 0 aromatic heterocycles. The van der Waals surface area contributed by atoms with Gasteiger partial charge >= 0.3 is 0 Å². The molecule has 2 amide bonds. The SMILES string of the molecule is COc1ccc(C)cc1NC(=O)C1CCN(C(=O)C(C)(C)C)CC1. The van der Waals surface area contributed by atoms with Crippen LogP contribution in [0, 0.1) is 18.3 Å². The first kappa shape index (κ1) is 18.3. The van der Waals surface area contributed by atoms with Gasteiger partial charge < -0.3 is 15.0 Å². The van der Waals surface area contributed by atoms with Crippen LogP contribution in [0.15, 0.2) is 18.2 Å². The first-order valence-corrected chi connectivity index (χ1v) is 8.47. The van der Waals surface area contributed by atoms with Crippen molar-refractivity contribution in [3.63, 3.8) is 0 Å². The Morgan fingerprint density at radius 3 is 2.38 bits per heavy atom. The summed E-state index contributed by atoms with van der Waals surface area (Å²) in [7, 11) is 1.59. The van der Waals surface area contributed by atoms with E-state index in [9.17, 15) is 9.59 Å². The molecule has 0 unspecified atom stereocenters. The first-order chi connectivity index (χ1) is 11.2. The molecule has 2 rings (SSSR count). The average molecular weight is 332 g/mol. The molecular weight excluding hydrogens is 304 g/mol. The monoisotopic (exact) mass is 332 g/mol. The van der Waals surface area contributed by atoms with E-state index in [1.807, 2.05) is 50.8 Å². The molecular formula is C19H28N2O3. The summed E-state index contributed by atoms with van der Waals surface area (Å²) < 4.78 is 5.31. The fourth-order valence-electron chi connectivity index (χ4n) is 2.97. The first-order valence-electron chi connectivity index (χ1n) is 8.47. The van der Waals surface area contributed by atoms with Crippen molar-refractivity contribution in [2.75, 3.05) is 25.5 Å². The minimum Gasteiger partial charge on any atom is -0.495 e. The van der Waals surface area contributed by atoms with Gasteiger partial charge in [-0.05, 0) is 37.5 Å². The second-order valence-electron chi connectivity index (χ2n) is 7.51. The van der Waals surface area contributed by atoms with Gasteiger partial charge in [-0.3, -0.25) is 9.59 Å². The highest BCUT2D eigenvalue weighted by Crippen LogP contribution is 2.28. The minimum absolute atomic E-state index is 0.00163. The number of ether oxygens (including phenoxy) is 1. The maximum Gasteiger partial charge on any atom is 0.227 e. The molecule has 0 bridgehead atoms. The minimum atomic E-state index is -0.371. The molecule has 1 aliphatic rings. The van der Waals surface area contributed by atoms with E-state index in [0.717, 1.165) is 5.56 Å². The Morgan fingerprint density at radius 2 is 1.83 bits per heavy atom.